The van der Waals surface area contributed by atoms with E-state index in [1.807, 2.05) is 25.8 Å². The van der Waals surface area contributed by atoms with E-state index in [1.165, 1.54) is 5.56 Å². The van der Waals surface area contributed by atoms with Gasteiger partial charge in [0.1, 0.15) is 0 Å². The van der Waals surface area contributed by atoms with Crippen LogP contribution in [-0.2, 0) is 16.0 Å². The van der Waals surface area contributed by atoms with Crippen molar-refractivity contribution in [3.8, 4) is 0 Å². The van der Waals surface area contributed by atoms with Gasteiger partial charge >= 0.3 is 0 Å². The van der Waals surface area contributed by atoms with Crippen molar-refractivity contribution in [1.82, 2.24) is 15.1 Å². The van der Waals surface area contributed by atoms with E-state index < -0.39 is 0 Å². The molecule has 20 heavy (non-hydrogen) atoms. The SMILES string of the molecule is Cc1n[nH]c(C)c1CCN(C)C(=O)C[C@@H]1CCCOC1. The number of likely N-dealkylation sites (N-methyl/N-ethyl adjacent to an activating group) is 1. The van der Waals surface area contributed by atoms with Gasteiger partial charge < -0.3 is 9.64 Å². The number of aromatic amines is 1. The lowest BCUT2D eigenvalue weighted by molar-refractivity contribution is -0.132. The predicted octanol–water partition coefficient (Wildman–Crippen LogP) is 1.84. The molecule has 2 heterocycles. The molecule has 112 valence electrons. The number of ether oxygens (including phenoxy) is 1. The average Bonchev–Trinajstić information content (AvgIpc) is 2.76. The third kappa shape index (κ3) is 3.82. The van der Waals surface area contributed by atoms with Gasteiger partial charge in [-0.15, -0.1) is 0 Å². The molecule has 1 N–H and O–H groups in total. The highest BCUT2D eigenvalue weighted by Gasteiger charge is 2.20. The van der Waals surface area contributed by atoms with E-state index in [4.69, 9.17) is 4.74 Å². The average molecular weight is 279 g/mol. The largest absolute Gasteiger partial charge is 0.381 e. The molecule has 0 spiro atoms. The first-order chi connectivity index (χ1) is 9.58. The minimum atomic E-state index is 0.222. The number of rotatable bonds is 5. The Balaban J connectivity index is 1.79. The van der Waals surface area contributed by atoms with Crippen molar-refractivity contribution in [2.75, 3.05) is 26.8 Å². The smallest absolute Gasteiger partial charge is 0.222 e. The summed E-state index contributed by atoms with van der Waals surface area (Å²) >= 11 is 0. The second kappa shape index (κ2) is 6.88. The number of aromatic nitrogens is 2. The quantitative estimate of drug-likeness (QED) is 0.895. The molecule has 1 saturated heterocycles. The first-order valence-electron chi connectivity index (χ1n) is 7.40. The number of nitrogens with one attached hydrogen (secondary N) is 1. The van der Waals surface area contributed by atoms with Gasteiger partial charge in [0.05, 0.1) is 5.69 Å². The molecule has 0 aromatic carbocycles. The van der Waals surface area contributed by atoms with Crippen LogP contribution < -0.4 is 0 Å². The Morgan fingerprint density at radius 2 is 2.30 bits per heavy atom. The minimum absolute atomic E-state index is 0.222. The molecule has 1 aliphatic rings. The van der Waals surface area contributed by atoms with Crippen LogP contribution in [0.25, 0.3) is 0 Å². The second-order valence-electron chi connectivity index (χ2n) is 5.77. The zero-order valence-corrected chi connectivity index (χ0v) is 12.7. The van der Waals surface area contributed by atoms with Crippen LogP contribution in [0.15, 0.2) is 0 Å². The van der Waals surface area contributed by atoms with E-state index in [9.17, 15) is 4.79 Å². The van der Waals surface area contributed by atoms with Crippen LogP contribution in [0.4, 0.5) is 0 Å². The van der Waals surface area contributed by atoms with Gasteiger partial charge in [-0.05, 0) is 44.6 Å². The fraction of sp³-hybridized carbons (Fsp3) is 0.733. The Labute approximate surface area is 120 Å². The Kier molecular flexibility index (Phi) is 5.17. The predicted molar refractivity (Wildman–Crippen MR) is 77.6 cm³/mol. The lowest BCUT2D eigenvalue weighted by Gasteiger charge is -2.24. The van der Waals surface area contributed by atoms with Gasteiger partial charge in [-0.2, -0.15) is 5.10 Å². The number of hydrogen-bond acceptors (Lipinski definition) is 3. The molecule has 1 atom stereocenters. The molecule has 5 heteroatoms. The van der Waals surface area contributed by atoms with Crippen LogP contribution in [0, 0.1) is 19.8 Å². The van der Waals surface area contributed by atoms with Crippen molar-refractivity contribution in [3.63, 3.8) is 0 Å². The summed E-state index contributed by atoms with van der Waals surface area (Å²) in [5, 5.41) is 7.17. The Morgan fingerprint density at radius 3 is 2.90 bits per heavy atom. The lowest BCUT2D eigenvalue weighted by atomic mass is 9.98. The third-order valence-electron chi connectivity index (χ3n) is 4.12. The molecule has 0 aliphatic carbocycles. The molecule has 1 aliphatic heterocycles. The zero-order valence-electron chi connectivity index (χ0n) is 12.7. The van der Waals surface area contributed by atoms with Gasteiger partial charge in [0.15, 0.2) is 0 Å². The van der Waals surface area contributed by atoms with Gasteiger partial charge in [0, 0.05) is 38.9 Å². The Hall–Kier alpha value is -1.36. The zero-order chi connectivity index (χ0) is 14.5. The summed E-state index contributed by atoms with van der Waals surface area (Å²) in [6, 6.07) is 0. The summed E-state index contributed by atoms with van der Waals surface area (Å²) in [7, 11) is 1.89. The second-order valence-corrected chi connectivity index (χ2v) is 5.77. The maximum Gasteiger partial charge on any atom is 0.222 e. The van der Waals surface area contributed by atoms with E-state index in [1.54, 1.807) is 0 Å². The van der Waals surface area contributed by atoms with Gasteiger partial charge in [0.25, 0.3) is 0 Å². The van der Waals surface area contributed by atoms with Gasteiger partial charge in [-0.1, -0.05) is 0 Å². The van der Waals surface area contributed by atoms with Crippen molar-refractivity contribution in [2.24, 2.45) is 5.92 Å². The highest BCUT2D eigenvalue weighted by atomic mass is 16.5. The first kappa shape index (κ1) is 15.0. The maximum atomic E-state index is 12.2. The molecule has 0 saturated carbocycles. The van der Waals surface area contributed by atoms with Crippen LogP contribution in [0.2, 0.25) is 0 Å². The summed E-state index contributed by atoms with van der Waals surface area (Å²) in [4.78, 5) is 14.0. The minimum Gasteiger partial charge on any atom is -0.381 e. The fourth-order valence-electron chi connectivity index (χ4n) is 2.72. The molecule has 0 bridgehead atoms. The van der Waals surface area contributed by atoms with Gasteiger partial charge in [-0.3, -0.25) is 9.89 Å². The van der Waals surface area contributed by atoms with Crippen molar-refractivity contribution in [3.05, 3.63) is 17.0 Å². The molecule has 0 unspecified atom stereocenters. The van der Waals surface area contributed by atoms with Gasteiger partial charge in [-0.25, -0.2) is 0 Å². The molecule has 2 rings (SSSR count). The van der Waals surface area contributed by atoms with Crippen molar-refractivity contribution in [2.45, 2.75) is 39.5 Å². The monoisotopic (exact) mass is 279 g/mol. The number of nitrogens with zero attached hydrogens (tertiary/aromatic N) is 2. The van der Waals surface area contributed by atoms with Crippen molar-refractivity contribution < 1.29 is 9.53 Å². The highest BCUT2D eigenvalue weighted by Crippen LogP contribution is 2.18. The maximum absolute atomic E-state index is 12.2. The van der Waals surface area contributed by atoms with Crippen LogP contribution in [0.1, 0.15) is 36.2 Å². The molecule has 0 radical (unpaired) electrons. The van der Waals surface area contributed by atoms with Crippen LogP contribution in [0.5, 0.6) is 0 Å². The number of amides is 1. The summed E-state index contributed by atoms with van der Waals surface area (Å²) in [5.74, 6) is 0.621. The lowest BCUT2D eigenvalue weighted by Crippen LogP contribution is -2.32. The van der Waals surface area contributed by atoms with E-state index in [0.717, 1.165) is 50.4 Å². The number of H-pyrrole nitrogens is 1. The number of carbonyl (C=O) groups excluding carboxylic acids is 1. The van der Waals surface area contributed by atoms with E-state index in [2.05, 4.69) is 10.2 Å². The van der Waals surface area contributed by atoms with E-state index in [-0.39, 0.29) is 5.91 Å². The summed E-state index contributed by atoms with van der Waals surface area (Å²) in [6.07, 6.45) is 3.66. The number of carbonyl (C=O) groups is 1. The number of aryl methyl sites for hydroxylation is 2. The van der Waals surface area contributed by atoms with Gasteiger partial charge in [0.2, 0.25) is 5.91 Å². The molecular weight excluding hydrogens is 254 g/mol. The number of hydrogen-bond donors (Lipinski definition) is 1. The summed E-state index contributed by atoms with van der Waals surface area (Å²) in [6.45, 7) is 6.35. The standard InChI is InChI=1S/C15H25N3O2/c1-11-14(12(2)17-16-11)6-7-18(3)15(19)9-13-5-4-8-20-10-13/h13H,4-10H2,1-3H3,(H,16,17)/t13-/m0/s1. The molecule has 1 amide bonds. The molecule has 1 aromatic rings. The van der Waals surface area contributed by atoms with Crippen molar-refractivity contribution in [1.29, 1.82) is 0 Å². The fourth-order valence-corrected chi connectivity index (χ4v) is 2.72. The Bertz CT molecular complexity index is 430. The molecule has 1 fully saturated rings. The molecular formula is C15H25N3O2. The van der Waals surface area contributed by atoms with E-state index >= 15 is 0 Å². The van der Waals surface area contributed by atoms with Crippen molar-refractivity contribution >= 4 is 5.91 Å². The van der Waals surface area contributed by atoms with E-state index in [0.29, 0.717) is 12.3 Å². The normalized spacial score (nSPS) is 19.1. The molecule has 1 aromatic heterocycles. The highest BCUT2D eigenvalue weighted by molar-refractivity contribution is 5.76. The molecule has 5 nitrogen and oxygen atoms in total. The Morgan fingerprint density at radius 1 is 1.50 bits per heavy atom. The first-order valence-corrected chi connectivity index (χ1v) is 7.40. The third-order valence-corrected chi connectivity index (χ3v) is 4.12. The van der Waals surface area contributed by atoms with Crippen LogP contribution in [0.3, 0.4) is 0 Å². The topological polar surface area (TPSA) is 58.2 Å². The summed E-state index contributed by atoms with van der Waals surface area (Å²) < 4.78 is 5.43. The van der Waals surface area contributed by atoms with Crippen LogP contribution in [-0.4, -0.2) is 47.8 Å². The summed E-state index contributed by atoms with van der Waals surface area (Å²) in [5.41, 5.74) is 3.36. The van der Waals surface area contributed by atoms with Crippen LogP contribution >= 0.6 is 0 Å².